The van der Waals surface area contributed by atoms with E-state index < -0.39 is 11.5 Å². The van der Waals surface area contributed by atoms with Crippen molar-refractivity contribution in [3.05, 3.63) is 0 Å². The van der Waals surface area contributed by atoms with Gasteiger partial charge in [0.1, 0.15) is 5.54 Å². The normalized spacial score (nSPS) is 32.7. The molecule has 1 unspecified atom stereocenters. The molecule has 0 amide bonds. The second kappa shape index (κ2) is 5.26. The molecule has 108 valence electrons. The van der Waals surface area contributed by atoms with Crippen molar-refractivity contribution in [3.8, 4) is 0 Å². The van der Waals surface area contributed by atoms with Crippen molar-refractivity contribution in [2.75, 3.05) is 18.1 Å². The smallest absolute Gasteiger partial charge is 0.323 e. The molecule has 5 heteroatoms. The SMILES string of the molecule is O=C(O)C1(NC2CCOC3(CCSCC3)C2)CCC1. The summed E-state index contributed by atoms with van der Waals surface area (Å²) in [5, 5.41) is 12.9. The van der Waals surface area contributed by atoms with E-state index in [0.29, 0.717) is 6.04 Å². The maximum atomic E-state index is 11.4. The zero-order chi connectivity index (χ0) is 13.3. The maximum absolute atomic E-state index is 11.4. The van der Waals surface area contributed by atoms with Gasteiger partial charge in [0.25, 0.3) is 0 Å². The Kier molecular flexibility index (Phi) is 3.80. The van der Waals surface area contributed by atoms with Crippen LogP contribution in [0.25, 0.3) is 0 Å². The Morgan fingerprint density at radius 3 is 2.58 bits per heavy atom. The highest BCUT2D eigenvalue weighted by Crippen LogP contribution is 2.40. The van der Waals surface area contributed by atoms with Crippen LogP contribution in [0.3, 0.4) is 0 Å². The molecule has 3 aliphatic rings. The lowest BCUT2D eigenvalue weighted by Gasteiger charge is -2.47. The number of thioether (sulfide) groups is 1. The number of nitrogens with one attached hydrogen (secondary N) is 1. The van der Waals surface area contributed by atoms with Gasteiger partial charge in [0.15, 0.2) is 0 Å². The minimum atomic E-state index is -0.668. The highest BCUT2D eigenvalue weighted by Gasteiger charge is 2.48. The largest absolute Gasteiger partial charge is 0.480 e. The number of carbonyl (C=O) groups is 1. The summed E-state index contributed by atoms with van der Waals surface area (Å²) in [5.74, 6) is 1.69. The summed E-state index contributed by atoms with van der Waals surface area (Å²) in [6.07, 6.45) is 6.77. The van der Waals surface area contributed by atoms with E-state index in [-0.39, 0.29) is 5.60 Å². The van der Waals surface area contributed by atoms with E-state index in [1.807, 2.05) is 11.8 Å². The van der Waals surface area contributed by atoms with Crippen molar-refractivity contribution in [2.45, 2.75) is 62.1 Å². The quantitative estimate of drug-likeness (QED) is 0.831. The van der Waals surface area contributed by atoms with E-state index in [9.17, 15) is 9.90 Å². The van der Waals surface area contributed by atoms with E-state index in [4.69, 9.17) is 4.74 Å². The molecule has 0 aromatic heterocycles. The summed E-state index contributed by atoms with van der Waals surface area (Å²) in [5.41, 5.74) is -0.600. The van der Waals surface area contributed by atoms with Crippen LogP contribution in [0.15, 0.2) is 0 Å². The van der Waals surface area contributed by atoms with Crippen LogP contribution in [0.1, 0.15) is 44.9 Å². The topological polar surface area (TPSA) is 58.6 Å². The molecule has 0 aromatic rings. The third kappa shape index (κ3) is 2.65. The number of aliphatic carboxylic acids is 1. The number of hydrogen-bond acceptors (Lipinski definition) is 4. The average Bonchev–Trinajstić information content (AvgIpc) is 2.34. The number of ether oxygens (including phenoxy) is 1. The predicted octanol–water partition coefficient (Wildman–Crippen LogP) is 2.03. The zero-order valence-electron chi connectivity index (χ0n) is 11.3. The lowest BCUT2D eigenvalue weighted by molar-refractivity contribution is -0.151. The molecule has 1 atom stereocenters. The van der Waals surface area contributed by atoms with Gasteiger partial charge in [0, 0.05) is 12.6 Å². The molecule has 2 saturated heterocycles. The highest BCUT2D eigenvalue weighted by molar-refractivity contribution is 7.99. The molecule has 2 N–H and O–H groups in total. The maximum Gasteiger partial charge on any atom is 0.323 e. The standard InChI is InChI=1S/C14H23NO3S/c16-12(17)14(3-1-4-14)15-11-2-7-18-13(10-11)5-8-19-9-6-13/h11,15H,1-10H2,(H,16,17). The second-order valence-corrected chi connectivity index (χ2v) is 7.44. The highest BCUT2D eigenvalue weighted by atomic mass is 32.2. The van der Waals surface area contributed by atoms with Gasteiger partial charge in [-0.3, -0.25) is 10.1 Å². The average molecular weight is 285 g/mol. The summed E-state index contributed by atoms with van der Waals surface area (Å²) >= 11 is 2.00. The van der Waals surface area contributed by atoms with Crippen LogP contribution in [0.2, 0.25) is 0 Å². The van der Waals surface area contributed by atoms with Gasteiger partial charge in [0.2, 0.25) is 0 Å². The van der Waals surface area contributed by atoms with E-state index >= 15 is 0 Å². The van der Waals surface area contributed by atoms with Crippen LogP contribution in [-0.4, -0.2) is 46.4 Å². The molecule has 0 radical (unpaired) electrons. The molecular weight excluding hydrogens is 262 g/mol. The van der Waals surface area contributed by atoms with Gasteiger partial charge in [-0.05, 0) is 56.5 Å². The molecular formula is C14H23NO3S. The molecule has 0 bridgehead atoms. The van der Waals surface area contributed by atoms with Gasteiger partial charge in [-0.2, -0.15) is 11.8 Å². The Morgan fingerprint density at radius 2 is 2.00 bits per heavy atom. The van der Waals surface area contributed by atoms with Crippen molar-refractivity contribution in [1.82, 2.24) is 5.32 Å². The second-order valence-electron chi connectivity index (χ2n) is 6.22. The molecule has 3 rings (SSSR count). The minimum Gasteiger partial charge on any atom is -0.480 e. The first kappa shape index (κ1) is 13.7. The van der Waals surface area contributed by atoms with Gasteiger partial charge in [-0.1, -0.05) is 0 Å². The fraction of sp³-hybridized carbons (Fsp3) is 0.929. The molecule has 4 nitrogen and oxygen atoms in total. The van der Waals surface area contributed by atoms with Crippen LogP contribution in [0.4, 0.5) is 0 Å². The minimum absolute atomic E-state index is 0.0323. The molecule has 1 spiro atoms. The molecule has 0 aromatic carbocycles. The number of hydrogen-bond donors (Lipinski definition) is 2. The Balaban J connectivity index is 1.63. The summed E-state index contributed by atoms with van der Waals surface area (Å²) in [6.45, 7) is 0.776. The van der Waals surface area contributed by atoms with Crippen molar-refractivity contribution < 1.29 is 14.6 Å². The fourth-order valence-electron chi connectivity index (χ4n) is 3.58. The molecule has 1 aliphatic carbocycles. The number of rotatable bonds is 3. The van der Waals surface area contributed by atoms with Gasteiger partial charge >= 0.3 is 5.97 Å². The van der Waals surface area contributed by atoms with Crippen molar-refractivity contribution in [1.29, 1.82) is 0 Å². The monoisotopic (exact) mass is 285 g/mol. The van der Waals surface area contributed by atoms with Crippen LogP contribution in [0, 0.1) is 0 Å². The molecule has 1 saturated carbocycles. The summed E-state index contributed by atoms with van der Waals surface area (Å²) in [4.78, 5) is 11.4. The predicted molar refractivity (Wildman–Crippen MR) is 75.6 cm³/mol. The Labute approximate surface area is 118 Å². The lowest BCUT2D eigenvalue weighted by atomic mass is 9.75. The van der Waals surface area contributed by atoms with Crippen molar-refractivity contribution >= 4 is 17.7 Å². The third-order valence-corrected chi connectivity index (χ3v) is 5.98. The first-order valence-electron chi connectivity index (χ1n) is 7.37. The molecule has 2 aliphatic heterocycles. The first-order valence-corrected chi connectivity index (χ1v) is 8.53. The fourth-order valence-corrected chi connectivity index (χ4v) is 4.82. The first-order chi connectivity index (χ1) is 9.14. The summed E-state index contributed by atoms with van der Waals surface area (Å²) < 4.78 is 6.06. The Morgan fingerprint density at radius 1 is 1.26 bits per heavy atom. The van der Waals surface area contributed by atoms with Gasteiger partial charge < -0.3 is 9.84 Å². The molecule has 3 fully saturated rings. The van der Waals surface area contributed by atoms with Gasteiger partial charge in [-0.15, -0.1) is 0 Å². The number of carboxylic acid groups (broad SMARTS) is 1. The zero-order valence-corrected chi connectivity index (χ0v) is 12.1. The van der Waals surface area contributed by atoms with E-state index in [2.05, 4.69) is 5.32 Å². The van der Waals surface area contributed by atoms with Crippen molar-refractivity contribution in [2.24, 2.45) is 0 Å². The third-order valence-electron chi connectivity index (χ3n) is 4.99. The van der Waals surface area contributed by atoms with Crippen LogP contribution >= 0.6 is 11.8 Å². The Bertz CT molecular complexity index is 345. The lowest BCUT2D eigenvalue weighted by Crippen LogP contribution is -2.62. The molecule has 19 heavy (non-hydrogen) atoms. The van der Waals surface area contributed by atoms with Crippen LogP contribution in [0.5, 0.6) is 0 Å². The Hall–Kier alpha value is -0.260. The summed E-state index contributed by atoms with van der Waals surface area (Å²) in [7, 11) is 0. The van der Waals surface area contributed by atoms with Gasteiger partial charge in [-0.25, -0.2) is 0 Å². The number of carboxylic acids is 1. The van der Waals surface area contributed by atoms with Crippen molar-refractivity contribution in [3.63, 3.8) is 0 Å². The molecule has 2 heterocycles. The summed E-state index contributed by atoms with van der Waals surface area (Å²) in [6, 6.07) is 0.313. The van der Waals surface area contributed by atoms with E-state index in [1.54, 1.807) is 0 Å². The van der Waals surface area contributed by atoms with Crippen LogP contribution < -0.4 is 5.32 Å². The van der Waals surface area contributed by atoms with E-state index in [1.165, 1.54) is 11.5 Å². The van der Waals surface area contributed by atoms with E-state index in [0.717, 1.165) is 51.6 Å². The van der Waals surface area contributed by atoms with Gasteiger partial charge in [0.05, 0.1) is 5.60 Å². The van der Waals surface area contributed by atoms with Crippen LogP contribution in [-0.2, 0) is 9.53 Å².